The van der Waals surface area contributed by atoms with Gasteiger partial charge in [0.05, 0.1) is 23.4 Å². The number of pyridine rings is 1. The molecule has 1 aliphatic heterocycles. The molecule has 7 rings (SSSR count). The Hall–Kier alpha value is -1.99. The van der Waals surface area contributed by atoms with Crippen LogP contribution in [0.2, 0.25) is 0 Å². The van der Waals surface area contributed by atoms with Crippen LogP contribution in [0.5, 0.6) is 0 Å². The van der Waals surface area contributed by atoms with Crippen molar-refractivity contribution in [1.29, 1.82) is 0 Å². The Morgan fingerprint density at radius 1 is 1.04 bits per heavy atom. The molecule has 2 heterocycles. The van der Waals surface area contributed by atoms with Crippen LogP contribution in [0, 0.1) is 57.2 Å². The maximum atomic E-state index is 13.1. The van der Waals surface area contributed by atoms with E-state index in [0.29, 0.717) is 51.9 Å². The van der Waals surface area contributed by atoms with E-state index in [1.54, 1.807) is 38.4 Å². The fourth-order valence-electron chi connectivity index (χ4n) is 13.5. The molecule has 6 fully saturated rings. The summed E-state index contributed by atoms with van der Waals surface area (Å²) in [6, 6.07) is 3.59. The van der Waals surface area contributed by atoms with Crippen molar-refractivity contribution in [2.24, 2.45) is 57.2 Å². The van der Waals surface area contributed by atoms with E-state index in [4.69, 9.17) is 14.2 Å². The van der Waals surface area contributed by atoms with E-state index in [9.17, 15) is 14.7 Å². The summed E-state index contributed by atoms with van der Waals surface area (Å²) in [5, 5.41) is 11.0. The Morgan fingerprint density at radius 3 is 2.47 bits per heavy atom. The lowest BCUT2D eigenvalue weighted by Crippen LogP contribution is -2.56. The molecule has 1 saturated heterocycles. The second kappa shape index (κ2) is 10.3. The molecular formula is C38H55NO6. The van der Waals surface area contributed by atoms with Crippen molar-refractivity contribution in [2.75, 3.05) is 0 Å². The molecule has 5 aliphatic carbocycles. The van der Waals surface area contributed by atoms with Crippen molar-refractivity contribution < 1.29 is 28.9 Å². The van der Waals surface area contributed by atoms with Crippen molar-refractivity contribution in [3.63, 3.8) is 0 Å². The van der Waals surface area contributed by atoms with E-state index in [-0.39, 0.29) is 41.1 Å². The van der Waals surface area contributed by atoms with Gasteiger partial charge < -0.3 is 19.3 Å². The summed E-state index contributed by atoms with van der Waals surface area (Å²) >= 11 is 0. The molecule has 13 atom stereocenters. The zero-order valence-corrected chi connectivity index (χ0v) is 28.7. The largest absolute Gasteiger partial charge is 0.458 e. The zero-order chi connectivity index (χ0) is 32.3. The van der Waals surface area contributed by atoms with Gasteiger partial charge in [0, 0.05) is 24.7 Å². The van der Waals surface area contributed by atoms with E-state index in [1.165, 1.54) is 32.6 Å². The average Bonchev–Trinajstić information content (AvgIpc) is 3.33. The van der Waals surface area contributed by atoms with Crippen LogP contribution in [0.4, 0.5) is 0 Å². The number of ether oxygens (including phenoxy) is 3. The molecule has 248 valence electrons. The third kappa shape index (κ3) is 4.30. The Kier molecular flexibility index (Phi) is 7.20. The highest BCUT2D eigenvalue weighted by Gasteiger charge is 2.85. The molecule has 1 N–H and O–H groups in total. The summed E-state index contributed by atoms with van der Waals surface area (Å²) in [7, 11) is 0. The minimum absolute atomic E-state index is 0.0856. The lowest BCUT2D eigenvalue weighted by atomic mass is 9.46. The van der Waals surface area contributed by atoms with Crippen LogP contribution in [0.3, 0.4) is 0 Å². The predicted molar refractivity (Wildman–Crippen MR) is 170 cm³/mol. The SMILES string of the molecule is CC(=O)O[C@@H](C1C[C@@H](C)C2C(CC3[C@@H]4CCC5C(C)(C)[C@@H](OC(=O)c6cccnc6)CC[C@@]56[C@@H](C)[C@@]46CC[C@]23C)O1)C(C)(C)O. The first-order chi connectivity index (χ1) is 21.1. The highest BCUT2D eigenvalue weighted by atomic mass is 16.6. The minimum atomic E-state index is -1.17. The predicted octanol–water partition coefficient (Wildman–Crippen LogP) is 7.01. The number of esters is 2. The highest BCUT2D eigenvalue weighted by molar-refractivity contribution is 5.89. The van der Waals surface area contributed by atoms with Gasteiger partial charge in [0.25, 0.3) is 0 Å². The number of carbonyl (C=O) groups excluding carboxylic acids is 2. The third-order valence-electron chi connectivity index (χ3n) is 15.0. The quantitative estimate of drug-likeness (QED) is 0.354. The van der Waals surface area contributed by atoms with Gasteiger partial charge >= 0.3 is 11.9 Å². The fraction of sp³-hybridized carbons (Fsp3) is 0.816. The van der Waals surface area contributed by atoms with Gasteiger partial charge in [-0.15, -0.1) is 0 Å². The van der Waals surface area contributed by atoms with Gasteiger partial charge in [-0.3, -0.25) is 9.78 Å². The smallest absolute Gasteiger partial charge is 0.339 e. The van der Waals surface area contributed by atoms with Crippen LogP contribution in [0.15, 0.2) is 24.5 Å². The number of aromatic nitrogens is 1. The maximum absolute atomic E-state index is 13.1. The minimum Gasteiger partial charge on any atom is -0.458 e. The van der Waals surface area contributed by atoms with Crippen LogP contribution in [-0.2, 0) is 19.0 Å². The number of rotatable bonds is 5. The lowest BCUT2D eigenvalue weighted by molar-refractivity contribution is -0.208. The molecule has 0 amide bonds. The normalized spacial score (nSPS) is 46.7. The van der Waals surface area contributed by atoms with Crippen LogP contribution < -0.4 is 0 Å². The molecule has 1 aromatic heterocycles. The molecule has 7 nitrogen and oxygen atoms in total. The summed E-state index contributed by atoms with van der Waals surface area (Å²) in [6.45, 7) is 17.1. The van der Waals surface area contributed by atoms with E-state index < -0.39 is 11.7 Å². The summed E-state index contributed by atoms with van der Waals surface area (Å²) in [5.41, 5.74) is 0.189. The molecule has 2 spiro atoms. The first kappa shape index (κ1) is 31.6. The highest BCUT2D eigenvalue weighted by Crippen LogP contribution is 2.89. The summed E-state index contributed by atoms with van der Waals surface area (Å²) in [5.74, 6) is 2.82. The van der Waals surface area contributed by atoms with Gasteiger partial charge in [-0.25, -0.2) is 4.79 Å². The van der Waals surface area contributed by atoms with Gasteiger partial charge in [-0.1, -0.05) is 34.6 Å². The van der Waals surface area contributed by atoms with Crippen molar-refractivity contribution in [2.45, 2.75) is 137 Å². The van der Waals surface area contributed by atoms with E-state index in [1.807, 2.05) is 0 Å². The third-order valence-corrected chi connectivity index (χ3v) is 15.0. The van der Waals surface area contributed by atoms with Crippen LogP contribution in [0.1, 0.15) is 117 Å². The second-order valence-electron chi connectivity index (χ2n) is 17.5. The second-order valence-corrected chi connectivity index (χ2v) is 17.5. The molecular weight excluding hydrogens is 566 g/mol. The van der Waals surface area contributed by atoms with Crippen molar-refractivity contribution in [3.8, 4) is 0 Å². The number of nitrogens with zero attached hydrogens (tertiary/aromatic N) is 1. The van der Waals surface area contributed by atoms with Crippen LogP contribution >= 0.6 is 0 Å². The van der Waals surface area contributed by atoms with Gasteiger partial charge in [0.2, 0.25) is 0 Å². The molecule has 6 aliphatic rings. The van der Waals surface area contributed by atoms with E-state index in [0.717, 1.165) is 25.7 Å². The topological polar surface area (TPSA) is 95.0 Å². The van der Waals surface area contributed by atoms with E-state index in [2.05, 4.69) is 39.6 Å². The van der Waals surface area contributed by atoms with Gasteiger partial charge in [-0.05, 0) is 129 Å². The van der Waals surface area contributed by atoms with Crippen molar-refractivity contribution in [3.05, 3.63) is 30.1 Å². The average molecular weight is 622 g/mol. The molecule has 7 heteroatoms. The summed E-state index contributed by atoms with van der Waals surface area (Å²) in [4.78, 5) is 29.3. The molecule has 45 heavy (non-hydrogen) atoms. The molecule has 5 unspecified atom stereocenters. The van der Waals surface area contributed by atoms with Crippen LogP contribution in [0.25, 0.3) is 0 Å². The molecule has 1 aromatic rings. The lowest BCUT2D eigenvalue weighted by Gasteiger charge is -2.59. The number of fused-ring (bicyclic) bond motifs is 4. The summed E-state index contributed by atoms with van der Waals surface area (Å²) < 4.78 is 18.9. The van der Waals surface area contributed by atoms with Gasteiger partial charge in [0.1, 0.15) is 6.10 Å². The van der Waals surface area contributed by atoms with E-state index >= 15 is 0 Å². The number of hydrogen-bond acceptors (Lipinski definition) is 7. The van der Waals surface area contributed by atoms with Gasteiger partial charge in [-0.2, -0.15) is 0 Å². The number of aliphatic hydroxyl groups is 1. The zero-order valence-electron chi connectivity index (χ0n) is 28.7. The monoisotopic (exact) mass is 621 g/mol. The molecule has 5 saturated carbocycles. The Morgan fingerprint density at radius 2 is 1.80 bits per heavy atom. The molecule has 0 aromatic carbocycles. The number of carbonyl (C=O) groups is 2. The Labute approximate surface area is 269 Å². The first-order valence-electron chi connectivity index (χ1n) is 17.7. The molecule has 0 bridgehead atoms. The maximum Gasteiger partial charge on any atom is 0.339 e. The Bertz CT molecular complexity index is 1340. The standard InChI is InChI=1S/C38H55NO6/c1-21-18-28(32(35(6,7)42)43-23(3)40)44-27-19-26-25-11-12-29-34(4,5)30(45-33(41)24-10-9-17-39-20-24)13-14-38(29)22(2)37(25,38)16-15-36(26,8)31(21)27/h9-10,17,20-22,25-32,42H,11-16,18-19H2,1-8H3/t21-,22+,25+,26?,27?,28?,29?,30+,31?,32+,36+,37+,38-/m1/s1. The van der Waals surface area contributed by atoms with Crippen molar-refractivity contribution >= 4 is 11.9 Å². The first-order valence-corrected chi connectivity index (χ1v) is 17.7. The fourth-order valence-corrected chi connectivity index (χ4v) is 13.5. The van der Waals surface area contributed by atoms with Crippen molar-refractivity contribution in [1.82, 2.24) is 4.98 Å². The summed E-state index contributed by atoms with van der Waals surface area (Å²) in [6.07, 6.45) is 11.3. The Balaban J connectivity index is 1.13. The van der Waals surface area contributed by atoms with Crippen LogP contribution in [-0.4, -0.2) is 52.0 Å². The van der Waals surface area contributed by atoms with Gasteiger partial charge in [0.15, 0.2) is 6.10 Å². The number of hydrogen-bond donors (Lipinski definition) is 1. The molecule has 0 radical (unpaired) electrons.